The Kier molecular flexibility index (Phi) is 7.16. The van der Waals surface area contributed by atoms with Gasteiger partial charge >= 0.3 is 0 Å². The monoisotopic (exact) mass is 481 g/mol. The predicted octanol–water partition coefficient (Wildman–Crippen LogP) is 5.76. The Morgan fingerprint density at radius 1 is 1.21 bits per heavy atom. The first-order valence-corrected chi connectivity index (χ1v) is 12.7. The molecule has 5 rings (SSSR count). The van der Waals surface area contributed by atoms with Crippen molar-refractivity contribution in [1.82, 2.24) is 20.5 Å². The van der Waals surface area contributed by atoms with Crippen LogP contribution in [0.25, 0.3) is 22.3 Å². The second kappa shape index (κ2) is 10.8. The highest BCUT2D eigenvalue weighted by Gasteiger charge is 2.13. The molecule has 0 unspecified atom stereocenters. The number of hydrogen-bond donors (Lipinski definition) is 3. The maximum Gasteiger partial charge on any atom is 0.229 e. The van der Waals surface area contributed by atoms with Gasteiger partial charge in [0.2, 0.25) is 5.91 Å². The van der Waals surface area contributed by atoms with Crippen molar-refractivity contribution in [2.45, 2.75) is 32.1 Å². The van der Waals surface area contributed by atoms with Crippen molar-refractivity contribution >= 4 is 33.3 Å². The van der Waals surface area contributed by atoms with E-state index in [2.05, 4.69) is 25.8 Å². The predicted molar refractivity (Wildman–Crippen MR) is 143 cm³/mol. The average molecular weight is 482 g/mol. The Bertz CT molecular complexity index is 1260. The molecule has 1 aliphatic heterocycles. The number of hydrogen-bond acceptors (Lipinski definition) is 6. The van der Waals surface area contributed by atoms with Crippen LogP contribution in [0, 0.1) is 5.92 Å². The Labute approximate surface area is 207 Å². The Morgan fingerprint density at radius 3 is 3.03 bits per heavy atom. The van der Waals surface area contributed by atoms with Crippen molar-refractivity contribution in [3.05, 3.63) is 59.6 Å². The number of nitrogens with zero attached hydrogens (tertiary/aromatic N) is 2. The van der Waals surface area contributed by atoms with E-state index in [1.54, 1.807) is 6.20 Å². The van der Waals surface area contributed by atoms with Crippen molar-refractivity contribution in [2.24, 2.45) is 5.92 Å². The summed E-state index contributed by atoms with van der Waals surface area (Å²) >= 11 is 1.49. The highest BCUT2D eigenvalue weighted by Crippen LogP contribution is 2.31. The second-order valence-corrected chi connectivity index (χ2v) is 9.64. The number of pyridine rings is 1. The average Bonchev–Trinajstić information content (AvgIpc) is 3.49. The minimum atomic E-state index is -0.0485. The van der Waals surface area contributed by atoms with Crippen LogP contribution < -0.4 is 15.4 Å². The van der Waals surface area contributed by atoms with E-state index in [9.17, 15) is 4.79 Å². The van der Waals surface area contributed by atoms with E-state index >= 15 is 0 Å². The molecule has 0 atom stereocenters. The minimum Gasteiger partial charge on any atom is -0.494 e. The summed E-state index contributed by atoms with van der Waals surface area (Å²) in [5, 5.41) is 17.5. The summed E-state index contributed by atoms with van der Waals surface area (Å²) in [6.45, 7) is 3.00. The fraction of sp³-hybridized carbons (Fsp3) is 0.346. The van der Waals surface area contributed by atoms with Gasteiger partial charge in [-0.15, -0.1) is 11.3 Å². The summed E-state index contributed by atoms with van der Waals surface area (Å²) in [4.78, 5) is 16.9. The lowest BCUT2D eigenvalue weighted by molar-refractivity contribution is -0.115. The molecule has 0 bridgehead atoms. The number of H-pyrrole nitrogens is 1. The summed E-state index contributed by atoms with van der Waals surface area (Å²) in [5.41, 5.74) is 3.51. The zero-order chi connectivity index (χ0) is 23.2. The highest BCUT2D eigenvalue weighted by atomic mass is 32.1. The maximum atomic E-state index is 12.7. The number of piperidine rings is 1. The molecule has 1 amide bonds. The highest BCUT2D eigenvalue weighted by molar-refractivity contribution is 7.14. The fourth-order valence-electron chi connectivity index (χ4n) is 4.45. The van der Waals surface area contributed by atoms with Crippen LogP contribution >= 0.6 is 11.3 Å². The van der Waals surface area contributed by atoms with Gasteiger partial charge in [-0.05, 0) is 80.6 Å². The van der Waals surface area contributed by atoms with Crippen molar-refractivity contribution in [3.8, 4) is 17.0 Å². The van der Waals surface area contributed by atoms with Gasteiger partial charge < -0.3 is 15.4 Å². The smallest absolute Gasteiger partial charge is 0.229 e. The van der Waals surface area contributed by atoms with Crippen LogP contribution in [0.2, 0.25) is 0 Å². The number of carbonyl (C=O) groups is 1. The van der Waals surface area contributed by atoms with E-state index in [4.69, 9.17) is 4.74 Å². The van der Waals surface area contributed by atoms with Crippen molar-refractivity contribution < 1.29 is 13.8 Å². The van der Waals surface area contributed by atoms with Crippen LogP contribution in [0.1, 0.15) is 35.5 Å². The molecule has 4 heterocycles. The number of carbonyl (C=O) groups excluding carboxylic acids is 1. The van der Waals surface area contributed by atoms with Crippen LogP contribution in [0.3, 0.4) is 0 Å². The molecular weight excluding hydrogens is 446 g/mol. The van der Waals surface area contributed by atoms with Crippen molar-refractivity contribution in [3.63, 3.8) is 0 Å². The van der Waals surface area contributed by atoms with Gasteiger partial charge in [-0.25, -0.2) is 4.98 Å². The molecule has 34 heavy (non-hydrogen) atoms. The molecule has 3 N–H and O–H groups in total. The van der Waals surface area contributed by atoms with Crippen LogP contribution in [0.15, 0.2) is 54.0 Å². The number of benzene rings is 1. The number of thiophene rings is 1. The first-order chi connectivity index (χ1) is 16.7. The number of nitrogens with one attached hydrogen (secondary N) is 3. The topological polar surface area (TPSA) is 91.9 Å². The largest absolute Gasteiger partial charge is 0.494 e. The molecule has 1 aromatic carbocycles. The second-order valence-electron chi connectivity index (χ2n) is 8.73. The Balaban J connectivity index is 0.00000160. The number of ether oxygens (including phenoxy) is 1. The number of fused-ring (bicyclic) bond motifs is 1. The molecule has 0 saturated carbocycles. The van der Waals surface area contributed by atoms with Crippen molar-refractivity contribution in [1.29, 1.82) is 0 Å². The van der Waals surface area contributed by atoms with E-state index < -0.39 is 0 Å². The zero-order valence-corrected chi connectivity index (χ0v) is 19.9. The summed E-state index contributed by atoms with van der Waals surface area (Å²) in [5.74, 6) is 1.60. The van der Waals surface area contributed by atoms with E-state index in [0.717, 1.165) is 65.0 Å². The van der Waals surface area contributed by atoms with Crippen LogP contribution in [-0.2, 0) is 11.2 Å². The first-order valence-electron chi connectivity index (χ1n) is 11.8. The molecule has 182 valence electrons. The molecular formula is C26H35N5O2S. The lowest BCUT2D eigenvalue weighted by atomic mass is 9.93. The number of aromatic amines is 1. The number of anilines is 1. The Hall–Kier alpha value is -3.23. The third-order valence-electron chi connectivity index (χ3n) is 6.23. The number of aromatic nitrogens is 3. The van der Waals surface area contributed by atoms with E-state index in [1.807, 2.05) is 47.8 Å². The molecule has 1 aliphatic rings. The van der Waals surface area contributed by atoms with Crippen LogP contribution in [0.4, 0.5) is 5.00 Å². The Morgan fingerprint density at radius 2 is 2.12 bits per heavy atom. The van der Waals surface area contributed by atoms with Crippen LogP contribution in [-0.4, -0.2) is 40.8 Å². The van der Waals surface area contributed by atoms with Gasteiger partial charge in [0.15, 0.2) is 5.65 Å². The van der Waals surface area contributed by atoms with Gasteiger partial charge in [-0.1, -0.05) is 12.1 Å². The quantitative estimate of drug-likeness (QED) is 0.264. The maximum absolute atomic E-state index is 12.7. The van der Waals surface area contributed by atoms with Gasteiger partial charge in [0, 0.05) is 26.8 Å². The summed E-state index contributed by atoms with van der Waals surface area (Å²) in [6.07, 6.45) is 6.85. The third kappa shape index (κ3) is 5.63. The number of rotatable bonds is 9. The molecule has 1 fully saturated rings. The first kappa shape index (κ1) is 22.6. The van der Waals surface area contributed by atoms with Crippen LogP contribution in [0.5, 0.6) is 5.75 Å². The molecule has 3 aromatic heterocycles. The van der Waals surface area contributed by atoms with Gasteiger partial charge in [0.25, 0.3) is 0 Å². The van der Waals surface area contributed by atoms with Gasteiger partial charge in [-0.2, -0.15) is 5.10 Å². The number of amides is 1. The van der Waals surface area contributed by atoms with Crippen molar-refractivity contribution in [2.75, 3.05) is 25.0 Å². The molecule has 8 heteroatoms. The molecule has 0 spiro atoms. The molecule has 1 saturated heterocycles. The van der Waals surface area contributed by atoms with E-state index in [1.165, 1.54) is 30.6 Å². The minimum absolute atomic E-state index is 0. The normalized spacial score (nSPS) is 14.4. The fourth-order valence-corrected chi connectivity index (χ4v) is 5.26. The standard InChI is InChI=1S/C26H29N5O2S.3H2/c32-23(29-24-16-20(17-34-24)25-22-7-2-10-28-26(22)31-30-25)15-19-4-1-6-21(14-19)33-13-3-5-18-8-11-27-12-9-18;;;/h1-2,4,6-7,10,14,16-18,27H,3,5,8-9,11-13,15H2,(H,29,32)(H,28,30,31);3*1H. The molecule has 0 aliphatic carbocycles. The molecule has 0 radical (unpaired) electrons. The summed E-state index contributed by atoms with van der Waals surface area (Å²) in [7, 11) is 0. The van der Waals surface area contributed by atoms with E-state index in [-0.39, 0.29) is 10.2 Å². The third-order valence-corrected chi connectivity index (χ3v) is 7.07. The SMILES string of the molecule is O=C(Cc1cccc(OCCCC2CCNCC2)c1)Nc1cc(-c2[nH]nc3ncccc23)cs1.[HH].[HH].[HH]. The lowest BCUT2D eigenvalue weighted by Crippen LogP contribution is -2.27. The molecule has 7 nitrogen and oxygen atoms in total. The van der Waals surface area contributed by atoms with E-state index in [0.29, 0.717) is 12.1 Å². The molecule has 4 aromatic rings. The van der Waals surface area contributed by atoms with Gasteiger partial charge in [0.1, 0.15) is 5.75 Å². The van der Waals surface area contributed by atoms with Gasteiger partial charge in [0.05, 0.1) is 23.7 Å². The summed E-state index contributed by atoms with van der Waals surface area (Å²) in [6, 6.07) is 13.7. The lowest BCUT2D eigenvalue weighted by Gasteiger charge is -2.22. The summed E-state index contributed by atoms with van der Waals surface area (Å²) < 4.78 is 5.96. The zero-order valence-electron chi connectivity index (χ0n) is 19.0. The van der Waals surface area contributed by atoms with Gasteiger partial charge in [-0.3, -0.25) is 9.89 Å².